The van der Waals surface area contributed by atoms with Crippen LogP contribution in [0, 0.1) is 12.8 Å². The van der Waals surface area contributed by atoms with E-state index < -0.39 is 10.1 Å². The molecule has 1 unspecified atom stereocenters. The second-order valence-electron chi connectivity index (χ2n) is 6.12. The molecule has 1 saturated heterocycles. The summed E-state index contributed by atoms with van der Waals surface area (Å²) in [6.07, 6.45) is 0.643. The average molecular weight is 388 g/mol. The molecule has 0 N–H and O–H groups in total. The van der Waals surface area contributed by atoms with E-state index in [2.05, 4.69) is 0 Å². The first-order chi connectivity index (χ1) is 12.6. The molecule has 7 nitrogen and oxygen atoms in total. The number of hydrogen-bond donors (Lipinski definition) is 0. The highest BCUT2D eigenvalue weighted by Crippen LogP contribution is 2.16. The highest BCUT2D eigenvalue weighted by atomic mass is 32.2. The maximum absolute atomic E-state index is 12.3. The summed E-state index contributed by atoms with van der Waals surface area (Å²) in [5.74, 6) is -0.0842. The van der Waals surface area contributed by atoms with Gasteiger partial charge in [-0.15, -0.1) is 0 Å². The molecule has 1 aliphatic heterocycles. The van der Waals surface area contributed by atoms with E-state index >= 15 is 0 Å². The maximum atomic E-state index is 12.3. The van der Waals surface area contributed by atoms with E-state index in [1.807, 2.05) is 6.92 Å². The largest absolute Gasteiger partial charge is 0.379 e. The Morgan fingerprint density at radius 3 is 2.04 bits per heavy atom. The Kier molecular flexibility index (Phi) is 9.52. The number of rotatable bonds is 4. The molecule has 1 aromatic carbocycles. The summed E-state index contributed by atoms with van der Waals surface area (Å²) < 4.78 is 51.7. The molecule has 1 heterocycles. The topological polar surface area (TPSA) is 80.3 Å². The predicted octanol–water partition coefficient (Wildman–Crippen LogP) is 1.79. The predicted molar refractivity (Wildman–Crippen MR) is 95.7 cm³/mol. The van der Waals surface area contributed by atoms with Gasteiger partial charge in [0, 0.05) is 12.5 Å². The van der Waals surface area contributed by atoms with Crippen LogP contribution in [0.15, 0.2) is 29.2 Å². The smallest absolute Gasteiger partial charge is 0.296 e. The van der Waals surface area contributed by atoms with Crippen molar-refractivity contribution in [3.8, 4) is 0 Å². The molecule has 0 radical (unpaired) electrons. The van der Waals surface area contributed by atoms with Crippen molar-refractivity contribution < 1.29 is 31.5 Å². The summed E-state index contributed by atoms with van der Waals surface area (Å²) in [5.41, 5.74) is 0.992. The molecule has 1 aromatic rings. The molecule has 1 aliphatic rings. The lowest BCUT2D eigenvalue weighted by molar-refractivity contribution is -0.0222. The van der Waals surface area contributed by atoms with Crippen molar-refractivity contribution >= 4 is 10.1 Å². The van der Waals surface area contributed by atoms with Gasteiger partial charge >= 0.3 is 0 Å². The molecule has 0 aromatic heterocycles. The van der Waals surface area contributed by atoms with Crippen LogP contribution in [0.5, 0.6) is 0 Å². The molecule has 26 heavy (non-hydrogen) atoms. The first-order valence-corrected chi connectivity index (χ1v) is 10.3. The monoisotopic (exact) mass is 388 g/mol. The molecule has 0 spiro atoms. The minimum atomic E-state index is -3.78. The van der Waals surface area contributed by atoms with Gasteiger partial charge in [-0.25, -0.2) is 0 Å². The molecule has 0 amide bonds. The van der Waals surface area contributed by atoms with Gasteiger partial charge in [0.1, 0.15) is 0 Å². The van der Waals surface area contributed by atoms with Crippen LogP contribution < -0.4 is 0 Å². The van der Waals surface area contributed by atoms with E-state index in [0.717, 1.165) is 5.56 Å². The lowest BCUT2D eigenvalue weighted by atomic mass is 10.1. The summed E-state index contributed by atoms with van der Waals surface area (Å²) in [6, 6.07) is 6.60. The van der Waals surface area contributed by atoms with Crippen molar-refractivity contribution in [2.24, 2.45) is 5.92 Å². The molecular formula is C18H28O7S. The SMILES string of the molecule is Cc1ccc(S(=O)(=O)OCC2CCOCCOCCOCCOC2)cc1. The third kappa shape index (κ3) is 8.11. The second kappa shape index (κ2) is 11.6. The number of aryl methyl sites for hydroxylation is 1. The lowest BCUT2D eigenvalue weighted by Crippen LogP contribution is -2.23. The average Bonchev–Trinajstić information content (AvgIpc) is 2.63. The van der Waals surface area contributed by atoms with Gasteiger partial charge in [0.25, 0.3) is 10.1 Å². The number of hydrogen-bond acceptors (Lipinski definition) is 7. The first-order valence-electron chi connectivity index (χ1n) is 8.85. The molecule has 8 heteroatoms. The van der Waals surface area contributed by atoms with Crippen LogP contribution in [-0.4, -0.2) is 67.9 Å². The fourth-order valence-corrected chi connectivity index (χ4v) is 3.31. The van der Waals surface area contributed by atoms with Crippen molar-refractivity contribution in [2.45, 2.75) is 18.2 Å². The molecule has 148 valence electrons. The van der Waals surface area contributed by atoms with E-state index in [-0.39, 0.29) is 17.4 Å². The van der Waals surface area contributed by atoms with Gasteiger partial charge in [-0.05, 0) is 25.5 Å². The van der Waals surface area contributed by atoms with Gasteiger partial charge < -0.3 is 18.9 Å². The van der Waals surface area contributed by atoms with Crippen LogP contribution in [0.4, 0.5) is 0 Å². The van der Waals surface area contributed by atoms with Gasteiger partial charge in [0.15, 0.2) is 0 Å². The van der Waals surface area contributed by atoms with E-state index in [1.54, 1.807) is 24.3 Å². The van der Waals surface area contributed by atoms with Crippen molar-refractivity contribution in [1.82, 2.24) is 0 Å². The van der Waals surface area contributed by atoms with Crippen molar-refractivity contribution in [3.63, 3.8) is 0 Å². The maximum Gasteiger partial charge on any atom is 0.296 e. The Morgan fingerprint density at radius 2 is 1.42 bits per heavy atom. The van der Waals surface area contributed by atoms with Crippen molar-refractivity contribution in [2.75, 3.05) is 59.5 Å². The zero-order valence-electron chi connectivity index (χ0n) is 15.2. The molecule has 0 bridgehead atoms. The third-order valence-electron chi connectivity index (χ3n) is 3.91. The van der Waals surface area contributed by atoms with Crippen molar-refractivity contribution in [1.29, 1.82) is 0 Å². The van der Waals surface area contributed by atoms with Gasteiger partial charge in [0.2, 0.25) is 0 Å². The van der Waals surface area contributed by atoms with Gasteiger partial charge in [0.05, 0.1) is 57.8 Å². The quantitative estimate of drug-likeness (QED) is 0.728. The summed E-state index contributed by atoms with van der Waals surface area (Å²) in [5, 5.41) is 0. The van der Waals surface area contributed by atoms with Gasteiger partial charge in [-0.1, -0.05) is 17.7 Å². The Hall–Kier alpha value is -1.03. The molecule has 1 atom stereocenters. The van der Waals surface area contributed by atoms with Crippen LogP contribution in [0.25, 0.3) is 0 Å². The van der Waals surface area contributed by atoms with Crippen LogP contribution in [0.3, 0.4) is 0 Å². The fraction of sp³-hybridized carbons (Fsp3) is 0.667. The van der Waals surface area contributed by atoms with Crippen LogP contribution in [0.1, 0.15) is 12.0 Å². The van der Waals surface area contributed by atoms with Crippen LogP contribution >= 0.6 is 0 Å². The first kappa shape index (κ1) is 21.3. The van der Waals surface area contributed by atoms with Crippen molar-refractivity contribution in [3.05, 3.63) is 29.8 Å². The lowest BCUT2D eigenvalue weighted by Gasteiger charge is -2.18. The molecule has 0 aliphatic carbocycles. The minimum absolute atomic E-state index is 0.0525. The molecular weight excluding hydrogens is 360 g/mol. The third-order valence-corrected chi connectivity index (χ3v) is 5.20. The molecule has 0 saturated carbocycles. The van der Waals surface area contributed by atoms with E-state index in [9.17, 15) is 8.42 Å². The van der Waals surface area contributed by atoms with Gasteiger partial charge in [-0.3, -0.25) is 4.18 Å². The highest BCUT2D eigenvalue weighted by Gasteiger charge is 2.19. The second-order valence-corrected chi connectivity index (χ2v) is 7.73. The normalized spacial score (nSPS) is 21.8. The van der Waals surface area contributed by atoms with E-state index in [0.29, 0.717) is 59.3 Å². The Bertz CT molecular complexity index is 586. The van der Waals surface area contributed by atoms with Crippen LogP contribution in [0.2, 0.25) is 0 Å². The standard InChI is InChI=1S/C18H28O7S/c1-16-2-4-18(5-3-16)26(19,20)25-15-17-6-7-21-8-9-22-10-11-23-12-13-24-14-17/h2-5,17H,6-15H2,1H3. The summed E-state index contributed by atoms with van der Waals surface area (Å²) >= 11 is 0. The number of benzene rings is 1. The minimum Gasteiger partial charge on any atom is -0.379 e. The molecule has 2 rings (SSSR count). The zero-order valence-corrected chi connectivity index (χ0v) is 16.0. The summed E-state index contributed by atoms with van der Waals surface area (Å²) in [4.78, 5) is 0.159. The highest BCUT2D eigenvalue weighted by molar-refractivity contribution is 7.86. The Balaban J connectivity index is 1.85. The summed E-state index contributed by atoms with van der Waals surface area (Å²) in [7, 11) is -3.78. The van der Waals surface area contributed by atoms with Gasteiger partial charge in [-0.2, -0.15) is 8.42 Å². The fourth-order valence-electron chi connectivity index (χ4n) is 2.33. The summed E-state index contributed by atoms with van der Waals surface area (Å²) in [6.45, 7) is 5.85. The zero-order chi connectivity index (χ0) is 18.7. The Morgan fingerprint density at radius 1 is 0.885 bits per heavy atom. The van der Waals surface area contributed by atoms with E-state index in [4.69, 9.17) is 23.1 Å². The molecule has 1 fully saturated rings. The Labute approximate surface area is 155 Å². The van der Waals surface area contributed by atoms with E-state index in [1.165, 1.54) is 0 Å². The number of ether oxygens (including phenoxy) is 4. The van der Waals surface area contributed by atoms with Crippen LogP contribution in [-0.2, 0) is 33.2 Å².